The number of benzene rings is 2. The Balaban J connectivity index is 1.69. The largest absolute Gasteiger partial charge is 0.370 e. The van der Waals surface area contributed by atoms with Crippen molar-refractivity contribution in [3.05, 3.63) is 66.0 Å². The molecule has 152 valence electrons. The van der Waals surface area contributed by atoms with Crippen molar-refractivity contribution in [1.29, 1.82) is 0 Å². The number of aromatic amines is 1. The van der Waals surface area contributed by atoms with Crippen LogP contribution in [0.1, 0.15) is 5.56 Å². The molecule has 2 aromatic carbocycles. The number of fused-ring (bicyclic) bond motifs is 1. The van der Waals surface area contributed by atoms with E-state index in [0.717, 1.165) is 41.5 Å². The zero-order valence-corrected chi connectivity index (χ0v) is 16.5. The van der Waals surface area contributed by atoms with Crippen molar-refractivity contribution in [3.63, 3.8) is 0 Å². The number of H-pyrrole nitrogens is 1. The Morgan fingerprint density at radius 3 is 2.57 bits per heavy atom. The van der Waals surface area contributed by atoms with Crippen molar-refractivity contribution in [2.45, 2.75) is 6.92 Å². The quantitative estimate of drug-likeness (QED) is 0.532. The molecule has 3 heterocycles. The molecule has 0 saturated carbocycles. The van der Waals surface area contributed by atoms with Crippen LogP contribution in [0.4, 0.5) is 14.5 Å². The molecule has 5 rings (SSSR count). The molecule has 1 aliphatic rings. The van der Waals surface area contributed by atoms with Crippen LogP contribution in [-0.4, -0.2) is 34.6 Å². The maximum atomic E-state index is 14.2. The van der Waals surface area contributed by atoms with E-state index in [1.165, 1.54) is 11.6 Å². The van der Waals surface area contributed by atoms with Crippen LogP contribution in [0.3, 0.4) is 0 Å². The Morgan fingerprint density at radius 1 is 1.10 bits per heavy atom. The van der Waals surface area contributed by atoms with Gasteiger partial charge in [-0.1, -0.05) is 29.8 Å². The first-order chi connectivity index (χ1) is 14.5. The van der Waals surface area contributed by atoms with Crippen molar-refractivity contribution < 1.29 is 8.78 Å². The molecule has 30 heavy (non-hydrogen) atoms. The van der Waals surface area contributed by atoms with Crippen LogP contribution in [0.2, 0.25) is 0 Å². The minimum absolute atomic E-state index is 0.113. The van der Waals surface area contributed by atoms with E-state index in [9.17, 15) is 8.78 Å². The average Bonchev–Trinajstić information content (AvgIpc) is 3.12. The van der Waals surface area contributed by atoms with E-state index in [-0.39, 0.29) is 5.52 Å². The van der Waals surface area contributed by atoms with Gasteiger partial charge in [0, 0.05) is 43.0 Å². The summed E-state index contributed by atoms with van der Waals surface area (Å²) < 4.78 is 27.9. The van der Waals surface area contributed by atoms with Gasteiger partial charge in [-0.25, -0.2) is 13.8 Å². The first kappa shape index (κ1) is 18.7. The van der Waals surface area contributed by atoms with Gasteiger partial charge in [-0.2, -0.15) is 0 Å². The average molecular weight is 405 g/mol. The van der Waals surface area contributed by atoms with Crippen LogP contribution in [0.5, 0.6) is 0 Å². The van der Waals surface area contributed by atoms with E-state index in [1.807, 2.05) is 13.1 Å². The van der Waals surface area contributed by atoms with Crippen molar-refractivity contribution in [2.24, 2.45) is 11.7 Å². The maximum absolute atomic E-state index is 14.2. The molecule has 2 aromatic heterocycles. The molecule has 0 radical (unpaired) electrons. The number of imidazole rings is 1. The zero-order chi connectivity index (χ0) is 20.8. The number of hydrogen-bond donors (Lipinski definition) is 2. The minimum atomic E-state index is -0.691. The fourth-order valence-corrected chi connectivity index (χ4v) is 3.98. The molecule has 5 nitrogen and oxygen atoms in total. The first-order valence-corrected chi connectivity index (χ1v) is 9.88. The Hall–Kier alpha value is -3.32. The summed E-state index contributed by atoms with van der Waals surface area (Å²) in [6, 6.07) is 10.3. The lowest BCUT2D eigenvalue weighted by Gasteiger charge is -2.42. The summed E-state index contributed by atoms with van der Waals surface area (Å²) in [6.45, 7) is 4.33. The lowest BCUT2D eigenvalue weighted by molar-refractivity contribution is 0.421. The number of anilines is 1. The van der Waals surface area contributed by atoms with Gasteiger partial charge in [0.2, 0.25) is 0 Å². The molecule has 1 saturated heterocycles. The number of aromatic nitrogens is 3. The summed E-state index contributed by atoms with van der Waals surface area (Å²) in [5, 5.41) is 0. The normalized spacial score (nSPS) is 14.3. The van der Waals surface area contributed by atoms with E-state index >= 15 is 0 Å². The number of rotatable bonds is 4. The number of halogens is 2. The lowest BCUT2D eigenvalue weighted by atomic mass is 9.94. The van der Waals surface area contributed by atoms with Crippen LogP contribution in [0, 0.1) is 24.5 Å². The summed E-state index contributed by atoms with van der Waals surface area (Å²) in [7, 11) is 0. The number of nitrogens with two attached hydrogens (primary N) is 1. The topological polar surface area (TPSA) is 70.8 Å². The molecule has 0 bridgehead atoms. The second-order valence-corrected chi connectivity index (χ2v) is 7.83. The SMILES string of the molecule is Cc1ccc(-c2cncc(-c3nc4c(F)cc(F)cc4[nH]3)c2N2CC(CN)C2)cc1. The maximum Gasteiger partial charge on any atom is 0.153 e. The lowest BCUT2D eigenvalue weighted by Crippen LogP contribution is -2.50. The monoisotopic (exact) mass is 405 g/mol. The highest BCUT2D eigenvalue weighted by atomic mass is 19.1. The fraction of sp³-hybridized carbons (Fsp3) is 0.217. The predicted octanol–water partition coefficient (Wildman–Crippen LogP) is 4.27. The second-order valence-electron chi connectivity index (χ2n) is 7.83. The van der Waals surface area contributed by atoms with Crippen molar-refractivity contribution >= 4 is 16.7 Å². The van der Waals surface area contributed by atoms with Gasteiger partial charge in [0.05, 0.1) is 16.8 Å². The highest BCUT2D eigenvalue weighted by Gasteiger charge is 2.30. The molecule has 0 atom stereocenters. The van der Waals surface area contributed by atoms with Crippen molar-refractivity contribution in [3.8, 4) is 22.5 Å². The predicted molar refractivity (Wildman–Crippen MR) is 114 cm³/mol. The van der Waals surface area contributed by atoms with Gasteiger partial charge in [0.15, 0.2) is 5.82 Å². The molecule has 0 aliphatic carbocycles. The van der Waals surface area contributed by atoms with E-state index in [2.05, 4.69) is 44.1 Å². The number of nitrogens with one attached hydrogen (secondary N) is 1. The van der Waals surface area contributed by atoms with Gasteiger partial charge in [-0.15, -0.1) is 0 Å². The smallest absolute Gasteiger partial charge is 0.153 e. The summed E-state index contributed by atoms with van der Waals surface area (Å²) in [5.41, 5.74) is 11.2. The molecule has 1 fully saturated rings. The van der Waals surface area contributed by atoms with E-state index in [4.69, 9.17) is 5.73 Å². The highest BCUT2D eigenvalue weighted by molar-refractivity contribution is 5.91. The molecule has 0 spiro atoms. The Bertz CT molecular complexity index is 1230. The standard InChI is InChI=1S/C23H21F2N5/c1-13-2-4-15(5-3-13)17-9-27-10-18(22(17)30-11-14(8-26)12-30)23-28-20-7-16(24)6-19(25)21(20)29-23/h2-7,9-10,14H,8,11-12,26H2,1H3,(H,28,29). The highest BCUT2D eigenvalue weighted by Crippen LogP contribution is 2.41. The third-order valence-corrected chi connectivity index (χ3v) is 5.65. The second kappa shape index (κ2) is 7.18. The van der Waals surface area contributed by atoms with Gasteiger partial charge < -0.3 is 15.6 Å². The molecule has 7 heteroatoms. The molecule has 0 amide bonds. The summed E-state index contributed by atoms with van der Waals surface area (Å²) in [6.07, 6.45) is 3.55. The number of pyridine rings is 1. The molecule has 1 aliphatic heterocycles. The Morgan fingerprint density at radius 2 is 1.83 bits per heavy atom. The van der Waals surface area contributed by atoms with Crippen LogP contribution in [0.15, 0.2) is 48.8 Å². The molecule has 4 aromatic rings. The van der Waals surface area contributed by atoms with Crippen LogP contribution in [0.25, 0.3) is 33.5 Å². The van der Waals surface area contributed by atoms with Crippen LogP contribution < -0.4 is 10.6 Å². The molecular formula is C23H21F2N5. The summed E-state index contributed by atoms with van der Waals surface area (Å²) in [4.78, 5) is 14.2. The minimum Gasteiger partial charge on any atom is -0.370 e. The molecule has 0 unspecified atom stereocenters. The fourth-order valence-electron chi connectivity index (χ4n) is 3.98. The van der Waals surface area contributed by atoms with Crippen molar-refractivity contribution in [1.82, 2.24) is 15.0 Å². The number of nitrogens with zero attached hydrogens (tertiary/aromatic N) is 3. The Kier molecular flexibility index (Phi) is 4.47. The van der Waals surface area contributed by atoms with Gasteiger partial charge in [-0.3, -0.25) is 4.98 Å². The molecule has 3 N–H and O–H groups in total. The third kappa shape index (κ3) is 3.11. The van der Waals surface area contributed by atoms with Crippen LogP contribution >= 0.6 is 0 Å². The van der Waals surface area contributed by atoms with Gasteiger partial charge in [-0.05, 0) is 25.1 Å². The Labute approximate surface area is 172 Å². The first-order valence-electron chi connectivity index (χ1n) is 9.88. The van der Waals surface area contributed by atoms with Crippen LogP contribution in [-0.2, 0) is 0 Å². The van der Waals surface area contributed by atoms with Gasteiger partial charge in [0.1, 0.15) is 17.2 Å². The van der Waals surface area contributed by atoms with Gasteiger partial charge >= 0.3 is 0 Å². The number of hydrogen-bond acceptors (Lipinski definition) is 4. The van der Waals surface area contributed by atoms with E-state index in [1.54, 1.807) is 6.20 Å². The van der Waals surface area contributed by atoms with E-state index in [0.29, 0.717) is 23.8 Å². The number of aryl methyl sites for hydroxylation is 1. The zero-order valence-electron chi connectivity index (χ0n) is 16.5. The third-order valence-electron chi connectivity index (χ3n) is 5.65. The van der Waals surface area contributed by atoms with E-state index < -0.39 is 11.6 Å². The van der Waals surface area contributed by atoms with Crippen molar-refractivity contribution in [2.75, 3.05) is 24.5 Å². The van der Waals surface area contributed by atoms with Gasteiger partial charge in [0.25, 0.3) is 0 Å². The summed E-state index contributed by atoms with van der Waals surface area (Å²) in [5.74, 6) is -0.444. The molecular weight excluding hydrogens is 384 g/mol. The summed E-state index contributed by atoms with van der Waals surface area (Å²) >= 11 is 0.